The van der Waals surface area contributed by atoms with Gasteiger partial charge in [0, 0.05) is 19.3 Å². The highest BCUT2D eigenvalue weighted by atomic mass is 31.2. The Labute approximate surface area is 425 Å². The van der Waals surface area contributed by atoms with E-state index in [-0.39, 0.29) is 25.9 Å². The molecule has 3 unspecified atom stereocenters. The predicted octanol–water partition coefficient (Wildman–Crippen LogP) is 15.5. The molecule has 0 amide bonds. The number of hydrogen-bond donors (Lipinski definition) is 2. The van der Waals surface area contributed by atoms with Crippen LogP contribution in [0.2, 0.25) is 0 Å². The van der Waals surface area contributed by atoms with Crippen molar-refractivity contribution in [2.75, 3.05) is 26.4 Å². The molecule has 398 valence electrons. The summed E-state index contributed by atoms with van der Waals surface area (Å²) in [6.07, 6.45) is 60.7. The smallest absolute Gasteiger partial charge is 0.462 e. The number of carbonyl (C=O) groups is 3. The summed E-state index contributed by atoms with van der Waals surface area (Å²) in [5, 5.41) is 9.77. The van der Waals surface area contributed by atoms with Gasteiger partial charge in [0.15, 0.2) is 6.10 Å². The van der Waals surface area contributed by atoms with E-state index >= 15 is 0 Å². The quantitative estimate of drug-likeness (QED) is 0.0197. The molecule has 0 aromatic carbocycles. The van der Waals surface area contributed by atoms with E-state index in [2.05, 4.69) is 112 Å². The van der Waals surface area contributed by atoms with Crippen LogP contribution in [0.5, 0.6) is 0 Å². The Morgan fingerprint density at radius 1 is 0.414 bits per heavy atom. The fraction of sp³-hybridized carbons (Fsp3) is 0.638. The molecular weight excluding hydrogens is 904 g/mol. The molecule has 0 aliphatic rings. The SMILES string of the molecule is CC/C=C\C/C=C\C/C=C\C/C=C\CCC(=O)OC(CO)COP(=O)(O)OCC(COC(=O)CCCCCCC/C=C\C/C=C\CCC)OC(=O)CCCCCCCCC/C=C\C/C=C\C/C=C\CC. The van der Waals surface area contributed by atoms with E-state index in [1.807, 2.05) is 18.2 Å². The Kier molecular flexibility index (Phi) is 48.7. The Morgan fingerprint density at radius 3 is 1.23 bits per heavy atom. The zero-order chi connectivity index (χ0) is 51.3. The lowest BCUT2D eigenvalue weighted by Gasteiger charge is -2.21. The largest absolute Gasteiger partial charge is 0.472 e. The molecule has 0 radical (unpaired) electrons. The Balaban J connectivity index is 4.84. The van der Waals surface area contributed by atoms with Crippen molar-refractivity contribution >= 4 is 25.7 Å². The third-order valence-electron chi connectivity index (χ3n) is 10.7. The highest BCUT2D eigenvalue weighted by Gasteiger charge is 2.28. The van der Waals surface area contributed by atoms with Gasteiger partial charge in [0.05, 0.1) is 19.8 Å². The topological polar surface area (TPSA) is 155 Å². The highest BCUT2D eigenvalue weighted by Crippen LogP contribution is 2.43. The molecule has 70 heavy (non-hydrogen) atoms. The van der Waals surface area contributed by atoms with Gasteiger partial charge in [-0.3, -0.25) is 23.4 Å². The predicted molar refractivity (Wildman–Crippen MR) is 288 cm³/mol. The summed E-state index contributed by atoms with van der Waals surface area (Å²) < 4.78 is 39.3. The molecular formula is C58H95O11P. The molecule has 11 nitrogen and oxygen atoms in total. The summed E-state index contributed by atoms with van der Waals surface area (Å²) in [5.74, 6) is -1.59. The third kappa shape index (κ3) is 49.1. The summed E-state index contributed by atoms with van der Waals surface area (Å²) in [4.78, 5) is 48.4. The summed E-state index contributed by atoms with van der Waals surface area (Å²) in [7, 11) is -4.77. The second-order valence-corrected chi connectivity index (χ2v) is 18.7. The molecule has 0 heterocycles. The van der Waals surface area contributed by atoms with E-state index in [0.29, 0.717) is 19.3 Å². The summed E-state index contributed by atoms with van der Waals surface area (Å²) in [6.45, 7) is 4.22. The minimum Gasteiger partial charge on any atom is -0.462 e. The third-order valence-corrected chi connectivity index (χ3v) is 11.6. The maximum Gasteiger partial charge on any atom is 0.472 e. The van der Waals surface area contributed by atoms with Crippen molar-refractivity contribution in [3.63, 3.8) is 0 Å². The maximum absolute atomic E-state index is 12.9. The van der Waals surface area contributed by atoms with Crippen molar-refractivity contribution in [3.05, 3.63) is 109 Å². The molecule has 0 aliphatic heterocycles. The average Bonchev–Trinajstić information content (AvgIpc) is 3.35. The standard InChI is InChI=1S/C58H95O11P/c1-4-7-10-13-16-19-22-25-26-27-28-31-34-37-40-43-46-49-58(62)69-55(51-65-56(60)47-44-41-38-35-32-29-23-20-17-14-11-8-5-2)53-67-70(63,64)66-52-54(50-59)68-57(61)48-45-42-39-36-33-30-24-21-18-15-12-9-6-3/h7,9-12,14,16,18-21,23,25-26,30,33,39,42,54-55,59H,4-6,8,13,15,17,22,24,27-29,31-32,34-38,40-41,43-53H2,1-3H3,(H,63,64)/b10-7-,12-9-,14-11-,19-16-,21-18-,23-20-,26-25-,33-30-,42-39-. The van der Waals surface area contributed by atoms with Gasteiger partial charge in [0.25, 0.3) is 0 Å². The van der Waals surface area contributed by atoms with Crippen molar-refractivity contribution in [1.82, 2.24) is 0 Å². The fourth-order valence-electron chi connectivity index (χ4n) is 6.66. The molecule has 0 aromatic heterocycles. The van der Waals surface area contributed by atoms with Crippen LogP contribution in [0.15, 0.2) is 109 Å². The van der Waals surface area contributed by atoms with Crippen molar-refractivity contribution < 1.29 is 52.2 Å². The molecule has 0 aromatic rings. The molecule has 12 heteroatoms. The van der Waals surface area contributed by atoms with Gasteiger partial charge in [-0.1, -0.05) is 188 Å². The number of hydrogen-bond acceptors (Lipinski definition) is 10. The summed E-state index contributed by atoms with van der Waals surface area (Å²) in [6, 6.07) is 0. The second-order valence-electron chi connectivity index (χ2n) is 17.3. The van der Waals surface area contributed by atoms with E-state index in [4.69, 9.17) is 23.3 Å². The van der Waals surface area contributed by atoms with E-state index < -0.39 is 57.8 Å². The van der Waals surface area contributed by atoms with Crippen LogP contribution in [0.4, 0.5) is 0 Å². The van der Waals surface area contributed by atoms with Crippen LogP contribution in [-0.4, -0.2) is 66.5 Å². The Bertz CT molecular complexity index is 1590. The van der Waals surface area contributed by atoms with Gasteiger partial charge in [-0.05, 0) is 103 Å². The molecule has 0 saturated heterocycles. The highest BCUT2D eigenvalue weighted by molar-refractivity contribution is 7.47. The number of rotatable bonds is 48. The van der Waals surface area contributed by atoms with Gasteiger partial charge in [0.2, 0.25) is 0 Å². The van der Waals surface area contributed by atoms with Gasteiger partial charge in [-0.2, -0.15) is 0 Å². The first-order valence-electron chi connectivity index (χ1n) is 26.8. The number of phosphoric ester groups is 1. The van der Waals surface area contributed by atoms with Crippen molar-refractivity contribution in [2.45, 2.75) is 213 Å². The van der Waals surface area contributed by atoms with Crippen molar-refractivity contribution in [1.29, 1.82) is 0 Å². The molecule has 0 saturated carbocycles. The first-order chi connectivity index (χ1) is 34.2. The van der Waals surface area contributed by atoms with Crippen LogP contribution in [0, 0.1) is 0 Å². The summed E-state index contributed by atoms with van der Waals surface area (Å²) in [5.41, 5.74) is 0. The van der Waals surface area contributed by atoms with E-state index in [1.54, 1.807) is 0 Å². The van der Waals surface area contributed by atoms with Crippen LogP contribution in [0.1, 0.15) is 201 Å². The van der Waals surface area contributed by atoms with Gasteiger partial charge in [-0.15, -0.1) is 0 Å². The number of allylic oxidation sites excluding steroid dienone is 18. The molecule has 0 bridgehead atoms. The minimum atomic E-state index is -4.77. The normalized spacial score (nSPS) is 14.3. The minimum absolute atomic E-state index is 0.0496. The molecule has 0 fully saturated rings. The number of unbranched alkanes of at least 4 members (excludes halogenated alkanes) is 13. The number of aliphatic hydroxyl groups excluding tert-OH is 1. The molecule has 3 atom stereocenters. The number of phosphoric acid groups is 1. The van der Waals surface area contributed by atoms with Gasteiger partial charge < -0.3 is 24.2 Å². The lowest BCUT2D eigenvalue weighted by Crippen LogP contribution is -2.30. The van der Waals surface area contributed by atoms with Gasteiger partial charge in [-0.25, -0.2) is 4.57 Å². The fourth-order valence-corrected chi connectivity index (χ4v) is 7.44. The molecule has 2 N–H and O–H groups in total. The zero-order valence-electron chi connectivity index (χ0n) is 43.7. The first kappa shape index (κ1) is 66.1. The molecule has 0 rings (SSSR count). The van der Waals surface area contributed by atoms with Gasteiger partial charge in [0.1, 0.15) is 12.7 Å². The van der Waals surface area contributed by atoms with Crippen molar-refractivity contribution in [2.24, 2.45) is 0 Å². The number of esters is 3. The van der Waals surface area contributed by atoms with Crippen molar-refractivity contribution in [3.8, 4) is 0 Å². The lowest BCUT2D eigenvalue weighted by atomic mass is 10.1. The van der Waals surface area contributed by atoms with Crippen LogP contribution in [0.3, 0.4) is 0 Å². The Morgan fingerprint density at radius 2 is 0.771 bits per heavy atom. The van der Waals surface area contributed by atoms with E-state index in [9.17, 15) is 28.9 Å². The Hall–Kier alpha value is -3.86. The first-order valence-corrected chi connectivity index (χ1v) is 28.3. The van der Waals surface area contributed by atoms with E-state index in [1.165, 1.54) is 0 Å². The maximum atomic E-state index is 12.9. The molecule has 0 aliphatic carbocycles. The van der Waals surface area contributed by atoms with E-state index in [0.717, 1.165) is 141 Å². The monoisotopic (exact) mass is 999 g/mol. The van der Waals surface area contributed by atoms with Gasteiger partial charge >= 0.3 is 25.7 Å². The van der Waals surface area contributed by atoms with Crippen LogP contribution in [0.25, 0.3) is 0 Å². The van der Waals surface area contributed by atoms with Crippen LogP contribution in [-0.2, 0) is 42.2 Å². The molecule has 0 spiro atoms. The lowest BCUT2D eigenvalue weighted by molar-refractivity contribution is -0.161. The van der Waals surface area contributed by atoms with Crippen LogP contribution >= 0.6 is 7.82 Å². The average molecular weight is 999 g/mol. The number of aliphatic hydroxyl groups is 1. The number of ether oxygens (including phenoxy) is 3. The summed E-state index contributed by atoms with van der Waals surface area (Å²) >= 11 is 0. The second kappa shape index (κ2) is 51.5. The number of carbonyl (C=O) groups excluding carboxylic acids is 3. The van der Waals surface area contributed by atoms with Crippen LogP contribution < -0.4 is 0 Å². The zero-order valence-corrected chi connectivity index (χ0v) is 44.6.